The van der Waals surface area contributed by atoms with Crippen molar-refractivity contribution >= 4 is 43.9 Å². The van der Waals surface area contributed by atoms with Crippen LogP contribution in [0.25, 0.3) is 10.9 Å². The minimum atomic E-state index is -3.85. The number of nitrogens with zero attached hydrogens (tertiary/aromatic N) is 1. The third-order valence-electron chi connectivity index (χ3n) is 2.96. The quantitative estimate of drug-likeness (QED) is 0.765. The Bertz CT molecular complexity index is 958. The zero-order valence-corrected chi connectivity index (χ0v) is 12.7. The molecule has 112 valence electrons. The van der Waals surface area contributed by atoms with Crippen molar-refractivity contribution in [2.24, 2.45) is 0 Å². The zero-order chi connectivity index (χ0) is 15.7. The van der Waals surface area contributed by atoms with Gasteiger partial charge in [0.1, 0.15) is 4.21 Å². The molecule has 0 saturated carbocycles. The van der Waals surface area contributed by atoms with E-state index in [-0.39, 0.29) is 9.77 Å². The molecule has 2 aromatic heterocycles. The first kappa shape index (κ1) is 14.5. The number of aromatic nitrogens is 1. The van der Waals surface area contributed by atoms with E-state index in [0.29, 0.717) is 11.2 Å². The van der Waals surface area contributed by atoms with E-state index in [4.69, 9.17) is 5.11 Å². The van der Waals surface area contributed by atoms with Gasteiger partial charge in [0.05, 0.1) is 16.8 Å². The largest absolute Gasteiger partial charge is 0.478 e. The Balaban J connectivity index is 2.01. The van der Waals surface area contributed by atoms with Crippen LogP contribution in [0.15, 0.2) is 52.2 Å². The van der Waals surface area contributed by atoms with Crippen molar-refractivity contribution < 1.29 is 18.3 Å². The minimum Gasteiger partial charge on any atom is -0.478 e. The highest BCUT2D eigenvalue weighted by Gasteiger charge is 2.20. The fraction of sp³-hybridized carbons (Fsp3) is 0. The highest BCUT2D eigenvalue weighted by atomic mass is 32.2. The molecule has 2 N–H and O–H groups in total. The van der Waals surface area contributed by atoms with E-state index >= 15 is 0 Å². The van der Waals surface area contributed by atoms with Crippen LogP contribution in [-0.4, -0.2) is 24.5 Å². The van der Waals surface area contributed by atoms with Crippen LogP contribution in [-0.2, 0) is 10.0 Å². The molecule has 0 saturated heterocycles. The predicted molar refractivity (Wildman–Crippen MR) is 83.8 cm³/mol. The molecule has 8 heteroatoms. The van der Waals surface area contributed by atoms with E-state index in [2.05, 4.69) is 9.71 Å². The molecule has 0 aliphatic carbocycles. The summed E-state index contributed by atoms with van der Waals surface area (Å²) in [6.07, 6.45) is 1.58. The maximum atomic E-state index is 12.4. The van der Waals surface area contributed by atoms with Gasteiger partial charge in [0, 0.05) is 17.0 Å². The van der Waals surface area contributed by atoms with Gasteiger partial charge in [-0.15, -0.1) is 11.3 Å². The molecule has 0 radical (unpaired) electrons. The van der Waals surface area contributed by atoms with Gasteiger partial charge in [-0.2, -0.15) is 0 Å². The molecule has 6 nitrogen and oxygen atoms in total. The SMILES string of the molecule is O=C(O)c1csc(S(=O)(=O)Nc2cccc3cccnc23)c1. The van der Waals surface area contributed by atoms with Gasteiger partial charge in [-0.25, -0.2) is 13.2 Å². The summed E-state index contributed by atoms with van der Waals surface area (Å²) >= 11 is 0.858. The van der Waals surface area contributed by atoms with E-state index in [0.717, 1.165) is 22.8 Å². The van der Waals surface area contributed by atoms with Crippen LogP contribution in [0.1, 0.15) is 10.4 Å². The Hall–Kier alpha value is -2.45. The lowest BCUT2D eigenvalue weighted by molar-refractivity contribution is 0.0697. The highest BCUT2D eigenvalue weighted by molar-refractivity contribution is 7.94. The molecule has 0 fully saturated rings. The van der Waals surface area contributed by atoms with E-state index < -0.39 is 16.0 Å². The van der Waals surface area contributed by atoms with Gasteiger partial charge in [0.2, 0.25) is 0 Å². The lowest BCUT2D eigenvalue weighted by Gasteiger charge is -2.08. The molecule has 0 aliphatic rings. The molecule has 22 heavy (non-hydrogen) atoms. The number of fused-ring (bicyclic) bond motifs is 1. The zero-order valence-electron chi connectivity index (χ0n) is 11.1. The van der Waals surface area contributed by atoms with Gasteiger partial charge in [-0.3, -0.25) is 9.71 Å². The first-order valence-corrected chi connectivity index (χ1v) is 8.52. The first-order chi connectivity index (χ1) is 10.5. The summed E-state index contributed by atoms with van der Waals surface area (Å²) in [4.78, 5) is 15.0. The van der Waals surface area contributed by atoms with Crippen molar-refractivity contribution in [3.8, 4) is 0 Å². The monoisotopic (exact) mass is 334 g/mol. The van der Waals surface area contributed by atoms with Gasteiger partial charge in [-0.1, -0.05) is 18.2 Å². The van der Waals surface area contributed by atoms with Gasteiger partial charge >= 0.3 is 5.97 Å². The molecule has 0 bridgehead atoms. The van der Waals surface area contributed by atoms with Gasteiger partial charge in [0.15, 0.2) is 0 Å². The van der Waals surface area contributed by atoms with Crippen LogP contribution in [0.3, 0.4) is 0 Å². The number of hydrogen-bond acceptors (Lipinski definition) is 5. The standard InChI is InChI=1S/C14H10N2O4S2/c17-14(18)10-7-12(21-8-10)22(19,20)16-11-5-1-3-9-4-2-6-15-13(9)11/h1-8,16H,(H,17,18). The van der Waals surface area contributed by atoms with E-state index in [1.165, 1.54) is 5.38 Å². The van der Waals surface area contributed by atoms with Crippen LogP contribution in [0.2, 0.25) is 0 Å². The lowest BCUT2D eigenvalue weighted by Crippen LogP contribution is -2.12. The smallest absolute Gasteiger partial charge is 0.336 e. The third kappa shape index (κ3) is 2.66. The van der Waals surface area contributed by atoms with Crippen LogP contribution in [0.5, 0.6) is 0 Å². The number of thiophene rings is 1. The molecule has 2 heterocycles. The van der Waals surface area contributed by atoms with Crippen molar-refractivity contribution in [1.29, 1.82) is 0 Å². The molecule has 3 aromatic rings. The Morgan fingerprint density at radius 3 is 2.73 bits per heavy atom. The molecular formula is C14H10N2O4S2. The van der Waals surface area contributed by atoms with Crippen molar-refractivity contribution in [3.05, 3.63) is 53.5 Å². The molecule has 3 rings (SSSR count). The van der Waals surface area contributed by atoms with Gasteiger partial charge in [-0.05, 0) is 18.2 Å². The van der Waals surface area contributed by atoms with E-state index in [1.807, 2.05) is 12.1 Å². The molecule has 0 spiro atoms. The summed E-state index contributed by atoms with van der Waals surface area (Å²) in [5.74, 6) is -1.16. The Morgan fingerprint density at radius 2 is 2.00 bits per heavy atom. The number of aromatic carboxylic acids is 1. The first-order valence-electron chi connectivity index (χ1n) is 6.16. The number of pyridine rings is 1. The number of carbonyl (C=O) groups is 1. The number of nitrogens with one attached hydrogen (secondary N) is 1. The van der Waals surface area contributed by atoms with Crippen LogP contribution < -0.4 is 4.72 Å². The summed E-state index contributed by atoms with van der Waals surface area (Å²) in [7, 11) is -3.85. The Morgan fingerprint density at radius 1 is 1.23 bits per heavy atom. The average molecular weight is 334 g/mol. The van der Waals surface area contributed by atoms with Crippen molar-refractivity contribution in [2.75, 3.05) is 4.72 Å². The number of carboxylic acids is 1. The Kier molecular flexibility index (Phi) is 3.55. The second kappa shape index (κ2) is 5.39. The van der Waals surface area contributed by atoms with Crippen molar-refractivity contribution in [3.63, 3.8) is 0 Å². The predicted octanol–water partition coefficient (Wildman–Crippen LogP) is 2.80. The second-order valence-corrected chi connectivity index (χ2v) is 7.27. The molecule has 0 atom stereocenters. The average Bonchev–Trinajstić information content (AvgIpc) is 2.98. The fourth-order valence-electron chi connectivity index (χ4n) is 1.95. The fourth-order valence-corrected chi connectivity index (χ4v) is 4.17. The van der Waals surface area contributed by atoms with E-state index in [9.17, 15) is 13.2 Å². The third-order valence-corrected chi connectivity index (χ3v) is 5.77. The number of rotatable bonds is 4. The topological polar surface area (TPSA) is 96.4 Å². The minimum absolute atomic E-state index is 0.0542. The molecule has 0 unspecified atom stereocenters. The second-order valence-electron chi connectivity index (χ2n) is 4.45. The summed E-state index contributed by atoms with van der Waals surface area (Å²) in [6, 6.07) is 9.88. The lowest BCUT2D eigenvalue weighted by atomic mass is 10.2. The highest BCUT2D eigenvalue weighted by Crippen LogP contribution is 2.26. The van der Waals surface area contributed by atoms with Crippen molar-refractivity contribution in [2.45, 2.75) is 4.21 Å². The van der Waals surface area contributed by atoms with E-state index in [1.54, 1.807) is 24.4 Å². The number of carboxylic acid groups (broad SMARTS) is 1. The molecule has 0 amide bonds. The number of benzene rings is 1. The normalized spacial score (nSPS) is 11.5. The van der Waals surface area contributed by atoms with Gasteiger partial charge in [0.25, 0.3) is 10.0 Å². The number of sulfonamides is 1. The maximum Gasteiger partial charge on any atom is 0.336 e. The number of para-hydroxylation sites is 1. The van der Waals surface area contributed by atoms with Crippen LogP contribution >= 0.6 is 11.3 Å². The summed E-state index contributed by atoms with van der Waals surface area (Å²) in [5.41, 5.74) is 0.827. The molecule has 1 aromatic carbocycles. The number of anilines is 1. The summed E-state index contributed by atoms with van der Waals surface area (Å²) in [5, 5.41) is 11.0. The van der Waals surface area contributed by atoms with Crippen LogP contribution in [0.4, 0.5) is 5.69 Å². The number of hydrogen-bond donors (Lipinski definition) is 2. The molecular weight excluding hydrogens is 324 g/mol. The summed E-state index contributed by atoms with van der Waals surface area (Å²) < 4.78 is 27.1. The summed E-state index contributed by atoms with van der Waals surface area (Å²) in [6.45, 7) is 0. The Labute approximate surface area is 130 Å². The maximum absolute atomic E-state index is 12.4. The van der Waals surface area contributed by atoms with Crippen molar-refractivity contribution in [1.82, 2.24) is 4.98 Å². The van der Waals surface area contributed by atoms with Gasteiger partial charge < -0.3 is 5.11 Å². The molecule has 0 aliphatic heterocycles. The van der Waals surface area contributed by atoms with Crippen LogP contribution in [0, 0.1) is 0 Å².